The minimum Gasteiger partial charge on any atom is -0.454 e. The van der Waals surface area contributed by atoms with Crippen molar-refractivity contribution in [2.24, 2.45) is 21.5 Å². The highest BCUT2D eigenvalue weighted by molar-refractivity contribution is 7.09. The fourth-order valence-electron chi connectivity index (χ4n) is 2.35. The van der Waals surface area contributed by atoms with Gasteiger partial charge in [-0.2, -0.15) is 0 Å². The van der Waals surface area contributed by atoms with Crippen molar-refractivity contribution in [2.75, 3.05) is 19.9 Å². The van der Waals surface area contributed by atoms with Crippen molar-refractivity contribution in [3.05, 3.63) is 46.2 Å². The first-order valence-corrected chi connectivity index (χ1v) is 8.86. The van der Waals surface area contributed by atoms with Crippen LogP contribution < -0.4 is 26.3 Å². The van der Waals surface area contributed by atoms with Crippen molar-refractivity contribution in [3.63, 3.8) is 0 Å². The predicted octanol–water partition coefficient (Wildman–Crippen LogP) is 1.90. The summed E-state index contributed by atoms with van der Waals surface area (Å²) in [5.74, 6) is 2.09. The van der Waals surface area contributed by atoms with Gasteiger partial charge >= 0.3 is 0 Å². The van der Waals surface area contributed by atoms with Crippen molar-refractivity contribution in [1.29, 1.82) is 0 Å². The topological polar surface area (TPSA) is 107 Å². The van der Waals surface area contributed by atoms with Gasteiger partial charge in [0.1, 0.15) is 0 Å². The second-order valence-corrected chi connectivity index (χ2v) is 6.46. The fourth-order valence-corrected chi connectivity index (χ4v) is 3.05. The van der Waals surface area contributed by atoms with Crippen molar-refractivity contribution >= 4 is 35.7 Å². The maximum Gasteiger partial charge on any atom is 0.231 e. The number of halogens is 1. The van der Waals surface area contributed by atoms with Gasteiger partial charge in [-0.3, -0.25) is 15.3 Å². The number of ether oxygens (including phenoxy) is 2. The van der Waals surface area contributed by atoms with Gasteiger partial charge in [-0.25, -0.2) is 0 Å². The van der Waals surface area contributed by atoms with Gasteiger partial charge in [0.25, 0.3) is 0 Å². The van der Waals surface area contributed by atoms with E-state index >= 15 is 0 Å². The van der Waals surface area contributed by atoms with Gasteiger partial charge in [0.2, 0.25) is 6.79 Å². The summed E-state index contributed by atoms with van der Waals surface area (Å²) in [6.07, 6.45) is 1.61. The molecule has 1 aliphatic rings. The fraction of sp³-hybridized carbons (Fsp3) is 0.294. The van der Waals surface area contributed by atoms with E-state index in [0.717, 1.165) is 29.9 Å². The molecular formula is C17H22ClN5O2S. The molecule has 0 saturated carbocycles. The predicted molar refractivity (Wildman–Crippen MR) is 108 cm³/mol. The number of aliphatic imine (C=N–C) groups is 2. The van der Waals surface area contributed by atoms with Crippen LogP contribution in [0.2, 0.25) is 0 Å². The number of nitrogens with two attached hydrogens (primary N) is 2. The summed E-state index contributed by atoms with van der Waals surface area (Å²) in [6, 6.07) is 9.96. The number of nitrogens with zero attached hydrogens (tertiary/aromatic N) is 2. The molecule has 2 heterocycles. The Morgan fingerprint density at radius 3 is 2.50 bits per heavy atom. The van der Waals surface area contributed by atoms with Crippen LogP contribution in [0, 0.1) is 0 Å². The highest BCUT2D eigenvalue weighted by Gasteiger charge is 2.12. The normalized spacial score (nSPS) is 13.4. The first-order valence-electron chi connectivity index (χ1n) is 7.98. The number of fused-ring (bicyclic) bond motifs is 1. The highest BCUT2D eigenvalue weighted by Crippen LogP contribution is 2.32. The number of rotatable bonds is 6. The Balaban J connectivity index is 0.00000243. The maximum absolute atomic E-state index is 5.83. The molecule has 0 atom stereocenters. The first-order chi connectivity index (χ1) is 12.2. The Morgan fingerprint density at radius 2 is 1.77 bits per heavy atom. The zero-order valence-electron chi connectivity index (χ0n) is 14.2. The molecule has 0 aliphatic carbocycles. The van der Waals surface area contributed by atoms with Gasteiger partial charge in [-0.05, 0) is 35.6 Å². The molecule has 0 amide bonds. The smallest absolute Gasteiger partial charge is 0.231 e. The lowest BCUT2D eigenvalue weighted by molar-refractivity contribution is 0.174. The van der Waals surface area contributed by atoms with Crippen LogP contribution in [0.25, 0.3) is 0 Å². The van der Waals surface area contributed by atoms with Crippen molar-refractivity contribution in [1.82, 2.24) is 5.32 Å². The SMILES string of the molecule is Cl.NC(=NCCc1ccc2c(c1)OCO2)NC(N)=NCCc1cccs1. The van der Waals surface area contributed by atoms with E-state index in [-0.39, 0.29) is 31.1 Å². The average molecular weight is 396 g/mol. The van der Waals surface area contributed by atoms with Gasteiger partial charge in [-0.1, -0.05) is 12.1 Å². The lowest BCUT2D eigenvalue weighted by Gasteiger charge is -2.05. The second kappa shape index (κ2) is 9.88. The van der Waals surface area contributed by atoms with Crippen LogP contribution in [0.1, 0.15) is 10.4 Å². The molecule has 0 saturated heterocycles. The second-order valence-electron chi connectivity index (χ2n) is 5.43. The maximum atomic E-state index is 5.83. The Kier molecular flexibility index (Phi) is 7.55. The average Bonchev–Trinajstić information content (AvgIpc) is 3.25. The van der Waals surface area contributed by atoms with Crippen LogP contribution in [-0.4, -0.2) is 31.8 Å². The van der Waals surface area contributed by atoms with Crippen molar-refractivity contribution < 1.29 is 9.47 Å². The van der Waals surface area contributed by atoms with E-state index in [0.29, 0.717) is 13.1 Å². The Labute approximate surface area is 162 Å². The van der Waals surface area contributed by atoms with Crippen LogP contribution in [0.3, 0.4) is 0 Å². The molecule has 3 rings (SSSR count). The third kappa shape index (κ3) is 5.82. The highest BCUT2D eigenvalue weighted by atomic mass is 35.5. The van der Waals surface area contributed by atoms with E-state index < -0.39 is 0 Å². The monoisotopic (exact) mass is 395 g/mol. The van der Waals surface area contributed by atoms with Gasteiger partial charge in [0.15, 0.2) is 23.4 Å². The van der Waals surface area contributed by atoms with E-state index in [1.165, 1.54) is 4.88 Å². The quantitative estimate of drug-likeness (QED) is 0.511. The van der Waals surface area contributed by atoms with Crippen LogP contribution >= 0.6 is 23.7 Å². The summed E-state index contributed by atoms with van der Waals surface area (Å²) in [7, 11) is 0. The Bertz CT molecular complexity index is 765. The molecule has 1 aliphatic heterocycles. The van der Waals surface area contributed by atoms with Crippen LogP contribution in [0.5, 0.6) is 11.5 Å². The number of thiophene rings is 1. The van der Waals surface area contributed by atoms with Gasteiger partial charge in [0, 0.05) is 24.4 Å². The summed E-state index contributed by atoms with van der Waals surface area (Å²) in [4.78, 5) is 9.79. The third-order valence-electron chi connectivity index (χ3n) is 3.60. The standard InChI is InChI=1S/C17H21N5O2S.ClH/c18-16(22-17(19)21-8-6-13-2-1-9-25-13)20-7-5-12-3-4-14-15(10-12)24-11-23-14;/h1-4,9-10H,5-8,11H2,(H5,18,19,20,21,22);1H. The van der Waals surface area contributed by atoms with E-state index in [1.807, 2.05) is 29.6 Å². The number of guanidine groups is 2. The molecule has 140 valence electrons. The third-order valence-corrected chi connectivity index (χ3v) is 4.53. The Morgan fingerprint density at radius 1 is 1.04 bits per heavy atom. The van der Waals surface area contributed by atoms with Crippen LogP contribution in [0.4, 0.5) is 0 Å². The first kappa shape index (κ1) is 19.9. The number of hydrogen-bond donors (Lipinski definition) is 3. The number of nitrogens with one attached hydrogen (secondary N) is 1. The molecule has 7 nitrogen and oxygen atoms in total. The Hall–Kier alpha value is -2.45. The molecule has 9 heteroatoms. The minimum absolute atomic E-state index is 0. The molecule has 0 bridgehead atoms. The molecule has 2 aromatic rings. The van der Waals surface area contributed by atoms with Crippen LogP contribution in [-0.2, 0) is 12.8 Å². The zero-order chi connectivity index (χ0) is 17.5. The molecule has 26 heavy (non-hydrogen) atoms. The van der Waals surface area contributed by atoms with E-state index in [2.05, 4.69) is 21.4 Å². The molecular weight excluding hydrogens is 374 g/mol. The summed E-state index contributed by atoms with van der Waals surface area (Å²) in [6.45, 7) is 1.43. The van der Waals surface area contributed by atoms with Gasteiger partial charge in [0.05, 0.1) is 0 Å². The molecule has 0 fully saturated rings. The lowest BCUT2D eigenvalue weighted by Crippen LogP contribution is -2.41. The van der Waals surface area contributed by atoms with Crippen molar-refractivity contribution in [3.8, 4) is 11.5 Å². The summed E-state index contributed by atoms with van der Waals surface area (Å²) >= 11 is 1.71. The minimum atomic E-state index is 0. The molecule has 5 N–H and O–H groups in total. The van der Waals surface area contributed by atoms with Gasteiger partial charge < -0.3 is 20.9 Å². The molecule has 1 aromatic heterocycles. The molecule has 0 spiro atoms. The zero-order valence-corrected chi connectivity index (χ0v) is 15.8. The van der Waals surface area contributed by atoms with E-state index in [9.17, 15) is 0 Å². The van der Waals surface area contributed by atoms with Crippen LogP contribution in [0.15, 0.2) is 45.7 Å². The lowest BCUT2D eigenvalue weighted by atomic mass is 10.1. The number of hydrogen-bond acceptors (Lipinski definition) is 5. The number of benzene rings is 1. The summed E-state index contributed by atoms with van der Waals surface area (Å²) in [5, 5.41) is 4.85. The van der Waals surface area contributed by atoms with E-state index in [1.54, 1.807) is 11.3 Å². The van der Waals surface area contributed by atoms with E-state index in [4.69, 9.17) is 20.9 Å². The summed E-state index contributed by atoms with van der Waals surface area (Å²) < 4.78 is 10.6. The molecule has 0 radical (unpaired) electrons. The largest absolute Gasteiger partial charge is 0.454 e. The molecule has 0 unspecified atom stereocenters. The molecule has 1 aromatic carbocycles. The summed E-state index contributed by atoms with van der Waals surface area (Å²) in [5.41, 5.74) is 12.7. The van der Waals surface area contributed by atoms with Crippen molar-refractivity contribution in [2.45, 2.75) is 12.8 Å². The van der Waals surface area contributed by atoms with Gasteiger partial charge in [-0.15, -0.1) is 23.7 Å².